The molecule has 0 atom stereocenters. The van der Waals surface area contributed by atoms with E-state index in [2.05, 4.69) is 9.80 Å². The summed E-state index contributed by atoms with van der Waals surface area (Å²) in [5.41, 5.74) is 7.73. The van der Waals surface area contributed by atoms with Crippen LogP contribution >= 0.6 is 0 Å². The van der Waals surface area contributed by atoms with E-state index >= 15 is 0 Å². The standard InChI is InChI=1S/C21H21FN4O3/c1-24-6-8-25(9-7-24)18-11-17-15(10-16(18)23)20(27)12-19(21(28)29)26(17)14-4-2-13(22)3-5-14/h2-5,10-12H,6-9,23H2,1H3,(H,28,29). The molecule has 0 aliphatic carbocycles. The molecule has 2 aromatic carbocycles. The van der Waals surface area contributed by atoms with E-state index in [4.69, 9.17) is 5.73 Å². The van der Waals surface area contributed by atoms with E-state index in [1.165, 1.54) is 28.8 Å². The molecule has 1 saturated heterocycles. The molecule has 0 amide bonds. The fraction of sp³-hybridized carbons (Fsp3) is 0.238. The van der Waals surface area contributed by atoms with Gasteiger partial charge in [-0.1, -0.05) is 0 Å². The number of carboxylic acids is 1. The molecule has 150 valence electrons. The molecule has 0 saturated carbocycles. The van der Waals surface area contributed by atoms with Crippen molar-refractivity contribution in [2.75, 3.05) is 43.9 Å². The molecule has 7 nitrogen and oxygen atoms in total. The lowest BCUT2D eigenvalue weighted by Crippen LogP contribution is -2.44. The average molecular weight is 396 g/mol. The highest BCUT2D eigenvalue weighted by Crippen LogP contribution is 2.31. The molecule has 0 radical (unpaired) electrons. The van der Waals surface area contributed by atoms with Gasteiger partial charge in [-0.05, 0) is 43.4 Å². The molecule has 1 fully saturated rings. The number of likely N-dealkylation sites (N-methyl/N-ethyl adjacent to an activating group) is 1. The van der Waals surface area contributed by atoms with Gasteiger partial charge < -0.3 is 25.2 Å². The van der Waals surface area contributed by atoms with Crippen LogP contribution in [0.1, 0.15) is 10.5 Å². The first-order chi connectivity index (χ1) is 13.8. The minimum absolute atomic E-state index is 0.191. The number of anilines is 2. The van der Waals surface area contributed by atoms with Crippen LogP contribution in [0.5, 0.6) is 0 Å². The highest BCUT2D eigenvalue weighted by Gasteiger charge is 2.21. The topological polar surface area (TPSA) is 91.8 Å². The molecule has 1 aromatic heterocycles. The third-order valence-electron chi connectivity index (χ3n) is 5.31. The van der Waals surface area contributed by atoms with Gasteiger partial charge in [-0.15, -0.1) is 0 Å². The van der Waals surface area contributed by atoms with Crippen LogP contribution in [-0.4, -0.2) is 53.8 Å². The maximum Gasteiger partial charge on any atom is 0.353 e. The van der Waals surface area contributed by atoms with Crippen LogP contribution in [0, 0.1) is 5.82 Å². The Balaban J connectivity index is 2.00. The van der Waals surface area contributed by atoms with Gasteiger partial charge in [0.05, 0.1) is 16.9 Å². The number of rotatable bonds is 3. The van der Waals surface area contributed by atoms with Gasteiger partial charge in [0.2, 0.25) is 0 Å². The molecule has 29 heavy (non-hydrogen) atoms. The summed E-state index contributed by atoms with van der Waals surface area (Å²) < 4.78 is 14.9. The number of carboxylic acid groups (broad SMARTS) is 1. The van der Waals surface area contributed by atoms with Crippen LogP contribution in [0.15, 0.2) is 47.3 Å². The number of nitrogen functional groups attached to an aromatic ring is 1. The van der Waals surface area contributed by atoms with Crippen LogP contribution in [0.3, 0.4) is 0 Å². The largest absolute Gasteiger partial charge is 0.477 e. The summed E-state index contributed by atoms with van der Waals surface area (Å²) in [5.74, 6) is -1.68. The zero-order valence-corrected chi connectivity index (χ0v) is 15.9. The summed E-state index contributed by atoms with van der Waals surface area (Å²) in [6, 6.07) is 9.90. The Bertz CT molecular complexity index is 1150. The Morgan fingerprint density at radius 2 is 1.72 bits per heavy atom. The lowest BCUT2D eigenvalue weighted by Gasteiger charge is -2.35. The first kappa shape index (κ1) is 18.9. The second-order valence-electron chi connectivity index (χ2n) is 7.23. The summed E-state index contributed by atoms with van der Waals surface area (Å²) in [6.07, 6.45) is 0. The van der Waals surface area contributed by atoms with E-state index in [9.17, 15) is 19.1 Å². The van der Waals surface area contributed by atoms with Crippen molar-refractivity contribution in [1.29, 1.82) is 0 Å². The number of pyridine rings is 1. The Morgan fingerprint density at radius 1 is 1.07 bits per heavy atom. The first-order valence-corrected chi connectivity index (χ1v) is 9.27. The monoisotopic (exact) mass is 396 g/mol. The van der Waals surface area contributed by atoms with E-state index in [0.717, 1.165) is 37.9 Å². The number of hydrogen-bond acceptors (Lipinski definition) is 5. The predicted molar refractivity (Wildman–Crippen MR) is 111 cm³/mol. The molecular formula is C21H21FN4O3. The van der Waals surface area contributed by atoms with Crippen molar-refractivity contribution in [2.24, 2.45) is 0 Å². The van der Waals surface area contributed by atoms with E-state index in [-0.39, 0.29) is 5.69 Å². The van der Waals surface area contributed by atoms with Crippen LogP contribution in [0.4, 0.5) is 15.8 Å². The van der Waals surface area contributed by atoms with Crippen LogP contribution < -0.4 is 16.1 Å². The zero-order valence-electron chi connectivity index (χ0n) is 15.9. The number of piperazine rings is 1. The average Bonchev–Trinajstić information content (AvgIpc) is 2.69. The van der Waals surface area contributed by atoms with Crippen molar-refractivity contribution in [3.63, 3.8) is 0 Å². The highest BCUT2D eigenvalue weighted by molar-refractivity contribution is 5.95. The van der Waals surface area contributed by atoms with Crippen molar-refractivity contribution in [1.82, 2.24) is 9.47 Å². The smallest absolute Gasteiger partial charge is 0.353 e. The second kappa shape index (κ2) is 7.21. The van der Waals surface area contributed by atoms with Crippen molar-refractivity contribution in [2.45, 2.75) is 0 Å². The number of aromatic carboxylic acids is 1. The van der Waals surface area contributed by atoms with Gasteiger partial charge in [0.1, 0.15) is 11.5 Å². The van der Waals surface area contributed by atoms with Crippen LogP contribution in [-0.2, 0) is 0 Å². The van der Waals surface area contributed by atoms with E-state index < -0.39 is 17.2 Å². The van der Waals surface area contributed by atoms with Crippen molar-refractivity contribution in [3.05, 3.63) is 64.2 Å². The number of halogens is 1. The fourth-order valence-electron chi connectivity index (χ4n) is 3.72. The normalized spacial score (nSPS) is 15.0. The summed E-state index contributed by atoms with van der Waals surface area (Å²) >= 11 is 0. The van der Waals surface area contributed by atoms with E-state index in [1.807, 2.05) is 7.05 Å². The maximum atomic E-state index is 13.4. The summed E-state index contributed by atoms with van der Waals surface area (Å²) in [4.78, 5) is 28.8. The number of hydrogen-bond donors (Lipinski definition) is 2. The zero-order chi connectivity index (χ0) is 20.7. The van der Waals surface area contributed by atoms with Gasteiger partial charge in [0, 0.05) is 43.3 Å². The Kier molecular flexibility index (Phi) is 4.71. The van der Waals surface area contributed by atoms with Gasteiger partial charge in [-0.25, -0.2) is 9.18 Å². The molecular weight excluding hydrogens is 375 g/mol. The van der Waals surface area contributed by atoms with Crippen molar-refractivity contribution < 1.29 is 14.3 Å². The third-order valence-corrected chi connectivity index (χ3v) is 5.31. The first-order valence-electron chi connectivity index (χ1n) is 9.27. The predicted octanol–water partition coefficient (Wildman–Crippen LogP) is 2.16. The Morgan fingerprint density at radius 3 is 2.34 bits per heavy atom. The minimum atomic E-state index is -1.24. The number of fused-ring (bicyclic) bond motifs is 1. The van der Waals surface area contributed by atoms with Gasteiger partial charge in [0.25, 0.3) is 0 Å². The molecule has 2 heterocycles. The lowest BCUT2D eigenvalue weighted by molar-refractivity contribution is 0.0688. The summed E-state index contributed by atoms with van der Waals surface area (Å²) in [5, 5.41) is 10.0. The quantitative estimate of drug-likeness (QED) is 0.660. The van der Waals surface area contributed by atoms with Gasteiger partial charge in [0.15, 0.2) is 5.43 Å². The fourth-order valence-corrected chi connectivity index (χ4v) is 3.72. The molecule has 1 aliphatic heterocycles. The molecule has 0 unspecified atom stereocenters. The van der Waals surface area contributed by atoms with Crippen LogP contribution in [0.2, 0.25) is 0 Å². The van der Waals surface area contributed by atoms with Crippen molar-refractivity contribution in [3.8, 4) is 5.69 Å². The Labute approximate surface area is 166 Å². The SMILES string of the molecule is CN1CCN(c2cc3c(cc2N)c(=O)cc(C(=O)O)n3-c2ccc(F)cc2)CC1. The number of carbonyl (C=O) groups is 1. The number of aromatic nitrogens is 1. The molecule has 3 aromatic rings. The Hall–Kier alpha value is -3.39. The lowest BCUT2D eigenvalue weighted by atomic mass is 10.1. The third kappa shape index (κ3) is 3.42. The number of benzene rings is 2. The number of nitrogens with zero attached hydrogens (tertiary/aromatic N) is 3. The van der Waals surface area contributed by atoms with Crippen molar-refractivity contribution >= 4 is 28.2 Å². The van der Waals surface area contributed by atoms with Gasteiger partial charge in [-0.3, -0.25) is 4.79 Å². The molecule has 0 spiro atoms. The molecule has 8 heteroatoms. The van der Waals surface area contributed by atoms with Gasteiger partial charge in [-0.2, -0.15) is 0 Å². The maximum absolute atomic E-state index is 13.4. The summed E-state index contributed by atoms with van der Waals surface area (Å²) in [7, 11) is 2.05. The molecule has 1 aliphatic rings. The summed E-state index contributed by atoms with van der Waals surface area (Å²) in [6.45, 7) is 3.28. The highest BCUT2D eigenvalue weighted by atomic mass is 19.1. The number of nitrogens with two attached hydrogens (primary N) is 1. The van der Waals surface area contributed by atoms with Crippen LogP contribution in [0.25, 0.3) is 16.6 Å². The molecule has 0 bridgehead atoms. The second-order valence-corrected chi connectivity index (χ2v) is 7.23. The minimum Gasteiger partial charge on any atom is -0.477 e. The van der Waals surface area contributed by atoms with E-state index in [0.29, 0.717) is 22.3 Å². The molecule has 3 N–H and O–H groups in total. The van der Waals surface area contributed by atoms with E-state index in [1.54, 1.807) is 12.1 Å². The molecule has 4 rings (SSSR count). The van der Waals surface area contributed by atoms with Gasteiger partial charge >= 0.3 is 5.97 Å².